The van der Waals surface area contributed by atoms with E-state index < -0.39 is 40.9 Å². The Kier molecular flexibility index (Phi) is 4.69. The lowest BCUT2D eigenvalue weighted by atomic mass is 10.1. The fourth-order valence-corrected chi connectivity index (χ4v) is 2.29. The number of carbonyl (C=O) groups is 2. The van der Waals surface area contributed by atoms with Crippen LogP contribution in [0.4, 0.5) is 31.1 Å². The highest BCUT2D eigenvalue weighted by atomic mass is 32.2. The van der Waals surface area contributed by atoms with Crippen molar-refractivity contribution in [2.24, 2.45) is 0 Å². The normalized spacial score (nSPS) is 17.2. The lowest BCUT2D eigenvalue weighted by Crippen LogP contribution is -2.19. The molecular formula is C12H5F6NO4S. The molecule has 0 radical (unpaired) electrons. The van der Waals surface area contributed by atoms with Gasteiger partial charge in [0.05, 0.1) is 4.91 Å². The van der Waals surface area contributed by atoms with Crippen molar-refractivity contribution in [3.63, 3.8) is 0 Å². The van der Waals surface area contributed by atoms with Crippen molar-refractivity contribution in [3.8, 4) is 11.5 Å². The predicted molar refractivity (Wildman–Crippen MR) is 68.9 cm³/mol. The van der Waals surface area contributed by atoms with Crippen LogP contribution < -0.4 is 14.8 Å². The summed E-state index contributed by atoms with van der Waals surface area (Å²) >= 11 is 0.376. The molecule has 1 aromatic rings. The van der Waals surface area contributed by atoms with Crippen LogP contribution in [-0.2, 0) is 4.79 Å². The van der Waals surface area contributed by atoms with E-state index in [0.29, 0.717) is 30.0 Å². The standard InChI is InChI=1S/C12H5F6NO4S/c13-11(14,15)22-6-1-2-7(23-12(16,17)18)5(3-6)4-8-9(20)19-10(21)24-8/h1-4H,(H,19,20,21)/b8-4-. The van der Waals surface area contributed by atoms with Gasteiger partial charge < -0.3 is 9.47 Å². The largest absolute Gasteiger partial charge is 0.573 e. The molecule has 1 fully saturated rings. The van der Waals surface area contributed by atoms with Crippen molar-refractivity contribution >= 4 is 29.0 Å². The first kappa shape index (κ1) is 18.0. The molecule has 1 saturated heterocycles. The Bertz CT molecular complexity index is 712. The molecule has 0 aliphatic carbocycles. The van der Waals surface area contributed by atoms with Crippen molar-refractivity contribution < 1.29 is 45.4 Å². The van der Waals surface area contributed by atoms with E-state index in [-0.39, 0.29) is 4.91 Å². The second kappa shape index (κ2) is 6.26. The number of hydrogen-bond donors (Lipinski definition) is 1. The number of thioether (sulfide) groups is 1. The highest BCUT2D eigenvalue weighted by molar-refractivity contribution is 8.18. The maximum atomic E-state index is 12.4. The molecule has 1 N–H and O–H groups in total. The average molecular weight is 373 g/mol. The average Bonchev–Trinajstić information content (AvgIpc) is 2.67. The molecule has 5 nitrogen and oxygen atoms in total. The molecule has 1 aromatic carbocycles. The van der Waals surface area contributed by atoms with Gasteiger partial charge in [-0.3, -0.25) is 14.9 Å². The van der Waals surface area contributed by atoms with Gasteiger partial charge in [-0.2, -0.15) is 0 Å². The third-order valence-corrected chi connectivity index (χ3v) is 3.18. The minimum Gasteiger partial charge on any atom is -0.406 e. The van der Waals surface area contributed by atoms with Gasteiger partial charge in [-0.25, -0.2) is 0 Å². The lowest BCUT2D eigenvalue weighted by Gasteiger charge is -2.14. The zero-order chi connectivity index (χ0) is 18.1. The van der Waals surface area contributed by atoms with Crippen molar-refractivity contribution in [1.29, 1.82) is 0 Å². The van der Waals surface area contributed by atoms with Gasteiger partial charge >= 0.3 is 12.7 Å². The van der Waals surface area contributed by atoms with E-state index in [2.05, 4.69) is 9.47 Å². The number of benzene rings is 1. The molecule has 0 atom stereocenters. The Balaban J connectivity index is 2.43. The highest BCUT2D eigenvalue weighted by Gasteiger charge is 2.34. The zero-order valence-corrected chi connectivity index (χ0v) is 11.9. The van der Waals surface area contributed by atoms with Gasteiger partial charge in [0, 0.05) is 5.56 Å². The summed E-state index contributed by atoms with van der Waals surface area (Å²) in [6, 6.07) is 1.81. The molecule has 0 bridgehead atoms. The van der Waals surface area contributed by atoms with Gasteiger partial charge in [-0.1, -0.05) is 0 Å². The summed E-state index contributed by atoms with van der Waals surface area (Å²) < 4.78 is 80.9. The van der Waals surface area contributed by atoms with Gasteiger partial charge in [0.15, 0.2) is 0 Å². The SMILES string of the molecule is O=C1NC(=O)/C(=C/c2cc(OC(F)(F)F)ccc2OC(F)(F)F)S1. The second-order valence-electron chi connectivity index (χ2n) is 4.15. The van der Waals surface area contributed by atoms with Crippen LogP contribution in [0, 0.1) is 0 Å². The Hall–Kier alpha value is -2.37. The van der Waals surface area contributed by atoms with Crippen molar-refractivity contribution in [1.82, 2.24) is 5.32 Å². The van der Waals surface area contributed by atoms with E-state index in [0.717, 1.165) is 6.08 Å². The van der Waals surface area contributed by atoms with Crippen LogP contribution in [0.2, 0.25) is 0 Å². The number of hydrogen-bond acceptors (Lipinski definition) is 5. The minimum atomic E-state index is -5.11. The number of rotatable bonds is 3. The molecule has 2 rings (SSSR count). The van der Waals surface area contributed by atoms with E-state index in [4.69, 9.17) is 0 Å². The molecule has 24 heavy (non-hydrogen) atoms. The molecule has 0 unspecified atom stereocenters. The molecule has 0 saturated carbocycles. The summed E-state index contributed by atoms with van der Waals surface area (Å²) in [5.74, 6) is -2.58. The highest BCUT2D eigenvalue weighted by Crippen LogP contribution is 2.35. The third kappa shape index (κ3) is 5.08. The minimum absolute atomic E-state index is 0.309. The molecule has 1 aliphatic heterocycles. The quantitative estimate of drug-likeness (QED) is 0.645. The van der Waals surface area contributed by atoms with E-state index in [1.54, 1.807) is 0 Å². The Morgan fingerprint density at radius 3 is 2.12 bits per heavy atom. The fraction of sp³-hybridized carbons (Fsp3) is 0.167. The first-order valence-electron chi connectivity index (χ1n) is 5.83. The van der Waals surface area contributed by atoms with Crippen LogP contribution in [0.5, 0.6) is 11.5 Å². The van der Waals surface area contributed by atoms with Gasteiger partial charge in [0.25, 0.3) is 11.1 Å². The van der Waals surface area contributed by atoms with Gasteiger partial charge in [0.2, 0.25) is 0 Å². The molecule has 0 spiro atoms. The summed E-state index contributed by atoms with van der Waals surface area (Å²) in [6.07, 6.45) is -9.39. The summed E-state index contributed by atoms with van der Waals surface area (Å²) in [4.78, 5) is 22.1. The fourth-order valence-electron chi connectivity index (χ4n) is 1.62. The smallest absolute Gasteiger partial charge is 0.406 e. The number of halogens is 6. The summed E-state index contributed by atoms with van der Waals surface area (Å²) in [5, 5.41) is 1.08. The molecular weight excluding hydrogens is 368 g/mol. The van der Waals surface area contributed by atoms with Crippen LogP contribution in [-0.4, -0.2) is 23.9 Å². The Morgan fingerprint density at radius 2 is 1.62 bits per heavy atom. The van der Waals surface area contributed by atoms with E-state index in [1.165, 1.54) is 0 Å². The first-order valence-corrected chi connectivity index (χ1v) is 6.65. The molecule has 2 amide bonds. The molecule has 0 aromatic heterocycles. The van der Waals surface area contributed by atoms with E-state index in [1.807, 2.05) is 5.32 Å². The van der Waals surface area contributed by atoms with Gasteiger partial charge in [-0.05, 0) is 36.0 Å². The number of imide groups is 1. The van der Waals surface area contributed by atoms with Crippen LogP contribution >= 0.6 is 11.8 Å². The number of carbonyl (C=O) groups excluding carboxylic acids is 2. The molecule has 12 heteroatoms. The zero-order valence-electron chi connectivity index (χ0n) is 11.1. The molecule has 1 heterocycles. The van der Waals surface area contributed by atoms with Crippen molar-refractivity contribution in [2.75, 3.05) is 0 Å². The van der Waals surface area contributed by atoms with E-state index >= 15 is 0 Å². The second-order valence-corrected chi connectivity index (χ2v) is 5.16. The van der Waals surface area contributed by atoms with Crippen molar-refractivity contribution in [3.05, 3.63) is 28.7 Å². The van der Waals surface area contributed by atoms with Gasteiger partial charge in [-0.15, -0.1) is 26.3 Å². The Morgan fingerprint density at radius 1 is 1.00 bits per heavy atom. The number of ether oxygens (including phenoxy) is 2. The number of nitrogens with one attached hydrogen (secondary N) is 1. The van der Waals surface area contributed by atoms with Crippen LogP contribution in [0.25, 0.3) is 6.08 Å². The molecule has 130 valence electrons. The lowest BCUT2D eigenvalue weighted by molar-refractivity contribution is -0.277. The summed E-state index contributed by atoms with van der Waals surface area (Å²) in [6.45, 7) is 0. The van der Waals surface area contributed by atoms with E-state index in [9.17, 15) is 35.9 Å². The summed E-state index contributed by atoms with van der Waals surface area (Å²) in [7, 11) is 0. The van der Waals surface area contributed by atoms with Crippen LogP contribution in [0.15, 0.2) is 23.1 Å². The maximum absolute atomic E-state index is 12.4. The Labute approximate surface area is 133 Å². The predicted octanol–water partition coefficient (Wildman–Crippen LogP) is 3.81. The summed E-state index contributed by atoms with van der Waals surface area (Å²) in [5.41, 5.74) is -0.526. The molecule has 1 aliphatic rings. The third-order valence-electron chi connectivity index (χ3n) is 2.37. The first-order chi connectivity index (χ1) is 10.9. The monoisotopic (exact) mass is 373 g/mol. The van der Waals surface area contributed by atoms with Crippen LogP contribution in [0.1, 0.15) is 5.56 Å². The van der Waals surface area contributed by atoms with Crippen molar-refractivity contribution in [2.45, 2.75) is 12.7 Å². The van der Waals surface area contributed by atoms with Gasteiger partial charge in [0.1, 0.15) is 11.5 Å². The topological polar surface area (TPSA) is 64.6 Å². The number of amides is 2. The number of alkyl halides is 6. The maximum Gasteiger partial charge on any atom is 0.573 e. The van der Waals surface area contributed by atoms with Crippen LogP contribution in [0.3, 0.4) is 0 Å².